The highest BCUT2D eigenvalue weighted by molar-refractivity contribution is 7.52. The van der Waals surface area contributed by atoms with Crippen LogP contribution in [-0.2, 0) is 28.1 Å². The van der Waals surface area contributed by atoms with Crippen LogP contribution in [0, 0.1) is 12.3 Å². The first-order valence-electron chi connectivity index (χ1n) is 12.4. The molecule has 2 aliphatic heterocycles. The van der Waals surface area contributed by atoms with Crippen molar-refractivity contribution >= 4 is 13.7 Å². The molecule has 4 N–H and O–H groups in total. The van der Waals surface area contributed by atoms with Gasteiger partial charge >= 0.3 is 19.4 Å². The third-order valence-electron chi connectivity index (χ3n) is 6.35. The van der Waals surface area contributed by atoms with Gasteiger partial charge in [-0.2, -0.15) is 5.09 Å². The molecular formula is C25H30N3O11P. The Hall–Kier alpha value is -3.28. The lowest BCUT2D eigenvalue weighted by Gasteiger charge is -2.27. The predicted octanol–water partition coefficient (Wildman–Crippen LogP) is 0.0632. The zero-order valence-electron chi connectivity index (χ0n) is 21.5. The number of aromatic amines is 1. The van der Waals surface area contributed by atoms with Crippen LogP contribution in [0.15, 0.2) is 52.2 Å². The van der Waals surface area contributed by atoms with Crippen molar-refractivity contribution in [3.8, 4) is 18.1 Å². The number of nitrogens with zero attached hydrogens (tertiary/aromatic N) is 1. The van der Waals surface area contributed by atoms with Crippen molar-refractivity contribution < 1.29 is 42.8 Å². The normalized spacial score (nSPS) is 27.3. The average Bonchev–Trinajstić information content (AvgIpc) is 3.18. The van der Waals surface area contributed by atoms with Gasteiger partial charge < -0.3 is 28.9 Å². The molecule has 0 radical (unpaired) electrons. The van der Waals surface area contributed by atoms with Gasteiger partial charge in [-0.1, -0.05) is 24.1 Å². The number of H-pyrrole nitrogens is 1. The van der Waals surface area contributed by atoms with Crippen LogP contribution in [0.2, 0.25) is 0 Å². The number of aliphatic hydroxyl groups is 2. The first-order chi connectivity index (χ1) is 19.0. The Morgan fingerprint density at radius 2 is 2.00 bits per heavy atom. The third kappa shape index (κ3) is 6.71. The largest absolute Gasteiger partial charge is 0.461 e. The number of aromatic nitrogens is 2. The summed E-state index contributed by atoms with van der Waals surface area (Å²) in [5.74, 6) is 1.48. The van der Waals surface area contributed by atoms with Gasteiger partial charge in [0.25, 0.3) is 5.56 Å². The second kappa shape index (κ2) is 12.5. The summed E-state index contributed by atoms with van der Waals surface area (Å²) < 4.78 is 42.1. The maximum Gasteiger partial charge on any atom is 0.459 e. The number of carbonyl (C=O) groups is 1. The van der Waals surface area contributed by atoms with Gasteiger partial charge in [-0.3, -0.25) is 23.7 Å². The van der Waals surface area contributed by atoms with Crippen molar-refractivity contribution in [3.05, 3.63) is 63.4 Å². The minimum Gasteiger partial charge on any atom is -0.461 e. The monoisotopic (exact) mass is 579 g/mol. The molecule has 0 spiro atoms. The number of terminal acetylenes is 1. The highest BCUT2D eigenvalue weighted by Gasteiger charge is 2.56. The summed E-state index contributed by atoms with van der Waals surface area (Å²) in [4.78, 5) is 38.5. The minimum absolute atomic E-state index is 0.147. The SMILES string of the molecule is C#C[C@@]1(O)[C@H](O)C(COP(=O)(N[C@@H](C)C(=O)OC2CCOCC2)Oc2ccccc2)O[C@H]1n1ccc(=O)[nH]c1=O. The van der Waals surface area contributed by atoms with Crippen molar-refractivity contribution in [2.45, 2.75) is 55.9 Å². The summed E-state index contributed by atoms with van der Waals surface area (Å²) in [7, 11) is -4.36. The zero-order chi connectivity index (χ0) is 28.9. The molecule has 2 aromatic rings. The van der Waals surface area contributed by atoms with E-state index in [2.05, 4.69) is 5.09 Å². The maximum absolute atomic E-state index is 13.8. The van der Waals surface area contributed by atoms with E-state index in [0.717, 1.165) is 16.8 Å². The fourth-order valence-electron chi connectivity index (χ4n) is 4.18. The average molecular weight is 579 g/mol. The molecule has 3 heterocycles. The van der Waals surface area contributed by atoms with E-state index in [4.69, 9.17) is 29.7 Å². The molecule has 15 heteroatoms. The molecule has 4 rings (SSSR count). The van der Waals surface area contributed by atoms with E-state index in [0.29, 0.717) is 26.1 Å². The van der Waals surface area contributed by atoms with Crippen LogP contribution in [0.4, 0.5) is 0 Å². The second-order valence-corrected chi connectivity index (χ2v) is 10.9. The summed E-state index contributed by atoms with van der Waals surface area (Å²) in [6, 6.07) is 7.87. The van der Waals surface area contributed by atoms with Gasteiger partial charge in [0.2, 0.25) is 0 Å². The number of benzene rings is 1. The smallest absolute Gasteiger partial charge is 0.459 e. The fraction of sp³-hybridized carbons (Fsp3) is 0.480. The summed E-state index contributed by atoms with van der Waals surface area (Å²) in [5, 5.41) is 24.3. The van der Waals surface area contributed by atoms with Gasteiger partial charge in [0.1, 0.15) is 30.1 Å². The molecule has 0 amide bonds. The molecule has 14 nitrogen and oxygen atoms in total. The molecule has 40 heavy (non-hydrogen) atoms. The molecule has 0 saturated carbocycles. The molecule has 2 aliphatic rings. The minimum atomic E-state index is -4.36. The van der Waals surface area contributed by atoms with Crippen LogP contribution in [-0.4, -0.2) is 75.5 Å². The van der Waals surface area contributed by atoms with Crippen molar-refractivity contribution in [1.29, 1.82) is 0 Å². The topological polar surface area (TPSA) is 188 Å². The van der Waals surface area contributed by atoms with Gasteiger partial charge in [-0.05, 0) is 19.1 Å². The molecule has 216 valence electrons. The molecule has 0 aliphatic carbocycles. The van der Waals surface area contributed by atoms with E-state index in [1.807, 2.05) is 10.9 Å². The van der Waals surface area contributed by atoms with E-state index in [1.165, 1.54) is 19.1 Å². The Morgan fingerprint density at radius 3 is 2.65 bits per heavy atom. The van der Waals surface area contributed by atoms with E-state index < -0.39 is 61.7 Å². The highest BCUT2D eigenvalue weighted by Crippen LogP contribution is 2.47. The van der Waals surface area contributed by atoms with Gasteiger partial charge in [0.05, 0.1) is 19.8 Å². The molecule has 0 bridgehead atoms. The summed E-state index contributed by atoms with van der Waals surface area (Å²) in [6.07, 6.45) is 2.37. The first kappa shape index (κ1) is 29.7. The standard InChI is InChI=1S/C25H30N3O11P/c1-3-25(33)21(30)19(38-23(25)28-12-9-20(29)26-24(28)32)15-36-40(34,39-18-7-5-4-6-8-18)27-16(2)22(31)37-17-10-13-35-14-11-17/h1,4-9,12,16-17,19,21,23,30,33H,10-11,13-15H2,2H3,(H,27,34)(H,26,29,32)/t16-,19?,21+,23+,25+,40?/m0/s1. The van der Waals surface area contributed by atoms with E-state index in [-0.39, 0.29) is 11.9 Å². The lowest BCUT2D eigenvalue weighted by molar-refractivity contribution is -0.154. The summed E-state index contributed by atoms with van der Waals surface area (Å²) in [6.45, 7) is 1.68. The lowest BCUT2D eigenvalue weighted by Crippen LogP contribution is -2.48. The third-order valence-corrected chi connectivity index (χ3v) is 8.00. The molecule has 6 atom stereocenters. The van der Waals surface area contributed by atoms with E-state index >= 15 is 0 Å². The van der Waals surface area contributed by atoms with Gasteiger partial charge in [0, 0.05) is 25.1 Å². The van der Waals surface area contributed by atoms with E-state index in [9.17, 15) is 29.2 Å². The molecule has 1 aromatic carbocycles. The van der Waals surface area contributed by atoms with E-state index in [1.54, 1.807) is 18.2 Å². The summed E-state index contributed by atoms with van der Waals surface area (Å²) in [5.41, 5.74) is -4.07. The zero-order valence-corrected chi connectivity index (χ0v) is 22.4. The quantitative estimate of drug-likeness (QED) is 0.169. The van der Waals surface area contributed by atoms with Crippen molar-refractivity contribution in [3.63, 3.8) is 0 Å². The second-order valence-electron chi connectivity index (χ2n) is 9.26. The van der Waals surface area contributed by atoms with Crippen LogP contribution in [0.5, 0.6) is 5.75 Å². The van der Waals surface area contributed by atoms with Crippen LogP contribution in [0.3, 0.4) is 0 Å². The number of nitrogens with one attached hydrogen (secondary N) is 2. The molecule has 2 unspecified atom stereocenters. The number of esters is 1. The number of aliphatic hydroxyl groups excluding tert-OH is 1. The van der Waals surface area contributed by atoms with Gasteiger partial charge in [-0.25, -0.2) is 9.36 Å². The Labute approximate surface area is 228 Å². The molecule has 1 aromatic heterocycles. The highest BCUT2D eigenvalue weighted by atomic mass is 31.2. The molecule has 2 saturated heterocycles. The van der Waals surface area contributed by atoms with Crippen molar-refractivity contribution in [1.82, 2.24) is 14.6 Å². The molecule has 2 fully saturated rings. The maximum atomic E-state index is 13.8. The predicted molar refractivity (Wildman–Crippen MR) is 138 cm³/mol. The number of para-hydroxylation sites is 1. The number of hydrogen-bond acceptors (Lipinski definition) is 11. The number of rotatable bonds is 10. The van der Waals surface area contributed by atoms with Crippen LogP contribution >= 0.6 is 7.75 Å². The fourth-order valence-corrected chi connectivity index (χ4v) is 5.68. The Balaban J connectivity index is 1.51. The van der Waals surface area contributed by atoms with Gasteiger partial charge in [0.15, 0.2) is 11.8 Å². The van der Waals surface area contributed by atoms with Crippen LogP contribution in [0.25, 0.3) is 0 Å². The number of ether oxygens (including phenoxy) is 3. The van der Waals surface area contributed by atoms with Gasteiger partial charge in [-0.15, -0.1) is 6.42 Å². The first-order valence-corrected chi connectivity index (χ1v) is 14.0. The Kier molecular flexibility index (Phi) is 9.27. The van der Waals surface area contributed by atoms with Crippen molar-refractivity contribution in [2.24, 2.45) is 0 Å². The molecular weight excluding hydrogens is 549 g/mol. The van der Waals surface area contributed by atoms with Crippen molar-refractivity contribution in [2.75, 3.05) is 19.8 Å². The lowest BCUT2D eigenvalue weighted by atomic mass is 9.95. The van der Waals surface area contributed by atoms with Crippen LogP contribution in [0.1, 0.15) is 26.0 Å². The Morgan fingerprint density at radius 1 is 1.30 bits per heavy atom. The van der Waals surface area contributed by atoms with Crippen LogP contribution < -0.4 is 20.9 Å². The number of carbonyl (C=O) groups excluding carboxylic acids is 1. The summed E-state index contributed by atoms with van der Waals surface area (Å²) >= 11 is 0. The Bertz CT molecular complexity index is 1380. The number of hydrogen-bond donors (Lipinski definition) is 4.